The lowest BCUT2D eigenvalue weighted by Gasteiger charge is -2.31. The van der Waals surface area contributed by atoms with Gasteiger partial charge in [0.1, 0.15) is 35.7 Å². The molecule has 0 amide bonds. The molecule has 0 bridgehead atoms. The lowest BCUT2D eigenvalue weighted by Crippen LogP contribution is -2.43. The summed E-state index contributed by atoms with van der Waals surface area (Å²) in [7, 11) is 0. The second kappa shape index (κ2) is 10.2. The Bertz CT molecular complexity index is 1850. The first-order valence-electron chi connectivity index (χ1n) is 15.1. The van der Waals surface area contributed by atoms with Crippen molar-refractivity contribution in [3.63, 3.8) is 0 Å². The number of terminal acetylenes is 1. The number of rotatable bonds is 5. The molecule has 8 rings (SSSR count). The number of fused-ring (bicyclic) bond motifs is 4. The molecule has 226 valence electrons. The number of nitrogens with zero attached hydrogens (tertiary/aromatic N) is 4. The van der Waals surface area contributed by atoms with Gasteiger partial charge in [0.15, 0.2) is 5.82 Å². The molecule has 5 heterocycles. The van der Waals surface area contributed by atoms with Crippen molar-refractivity contribution in [1.82, 2.24) is 14.9 Å². The van der Waals surface area contributed by atoms with Crippen LogP contribution in [0, 0.1) is 35.8 Å². The van der Waals surface area contributed by atoms with Gasteiger partial charge >= 0.3 is 6.01 Å². The van der Waals surface area contributed by atoms with E-state index in [4.69, 9.17) is 20.9 Å². The highest BCUT2D eigenvalue weighted by molar-refractivity contribution is 6.04. The minimum Gasteiger partial charge on any atom is -0.508 e. The molecule has 44 heavy (non-hydrogen) atoms. The summed E-state index contributed by atoms with van der Waals surface area (Å²) in [4.78, 5) is 13.7. The summed E-state index contributed by atoms with van der Waals surface area (Å²) < 4.78 is 57.9. The Labute approximate surface area is 252 Å². The summed E-state index contributed by atoms with van der Waals surface area (Å²) in [6, 6.07) is 8.97. The molecular weight excluding hydrogens is 569 g/mol. The fourth-order valence-electron chi connectivity index (χ4n) is 7.93. The zero-order chi connectivity index (χ0) is 30.2. The maximum atomic E-state index is 16.8. The van der Waals surface area contributed by atoms with Crippen molar-refractivity contribution < 1.29 is 27.8 Å². The second-order valence-electron chi connectivity index (χ2n) is 12.6. The average molecular weight is 601 g/mol. The van der Waals surface area contributed by atoms with Crippen LogP contribution in [0.25, 0.3) is 32.8 Å². The fourth-order valence-corrected chi connectivity index (χ4v) is 7.93. The topological polar surface area (TPSA) is 71.0 Å². The molecule has 1 N–H and O–H groups in total. The predicted octanol–water partition coefficient (Wildman–Crippen LogP) is 5.45. The minimum atomic E-state index is -0.909. The highest BCUT2D eigenvalue weighted by atomic mass is 19.1. The molecule has 10 heteroatoms. The molecule has 0 saturated carbocycles. The van der Waals surface area contributed by atoms with E-state index in [1.165, 1.54) is 24.3 Å². The summed E-state index contributed by atoms with van der Waals surface area (Å²) in [5.74, 6) is 2.29. The van der Waals surface area contributed by atoms with E-state index in [1.54, 1.807) is 12.1 Å². The van der Waals surface area contributed by atoms with Gasteiger partial charge in [-0.05, 0) is 54.6 Å². The maximum absolute atomic E-state index is 16.8. The normalized spacial score (nSPS) is 26.4. The zero-order valence-corrected chi connectivity index (χ0v) is 24.0. The number of hydrogen-bond donors (Lipinski definition) is 1. The molecule has 4 atom stereocenters. The van der Waals surface area contributed by atoms with Crippen molar-refractivity contribution in [3.05, 3.63) is 53.6 Å². The predicted molar refractivity (Wildman–Crippen MR) is 161 cm³/mol. The Morgan fingerprint density at radius 1 is 1.07 bits per heavy atom. The molecule has 0 spiro atoms. The van der Waals surface area contributed by atoms with Crippen molar-refractivity contribution in [1.29, 1.82) is 0 Å². The van der Waals surface area contributed by atoms with Crippen LogP contribution in [0.4, 0.5) is 19.0 Å². The van der Waals surface area contributed by atoms with Crippen LogP contribution in [0.2, 0.25) is 0 Å². The van der Waals surface area contributed by atoms with Crippen molar-refractivity contribution in [3.8, 4) is 35.2 Å². The van der Waals surface area contributed by atoms with E-state index in [9.17, 15) is 13.9 Å². The zero-order valence-electron chi connectivity index (χ0n) is 24.0. The Kier molecular flexibility index (Phi) is 6.40. The van der Waals surface area contributed by atoms with Crippen LogP contribution in [-0.4, -0.2) is 77.7 Å². The second-order valence-corrected chi connectivity index (χ2v) is 12.6. The van der Waals surface area contributed by atoms with E-state index in [0.29, 0.717) is 73.1 Å². The van der Waals surface area contributed by atoms with E-state index in [0.717, 1.165) is 19.4 Å². The van der Waals surface area contributed by atoms with Gasteiger partial charge in [0.2, 0.25) is 0 Å². The van der Waals surface area contributed by atoms with Crippen LogP contribution in [0.3, 0.4) is 0 Å². The highest BCUT2D eigenvalue weighted by Crippen LogP contribution is 2.43. The number of anilines is 1. The van der Waals surface area contributed by atoms with E-state index in [-0.39, 0.29) is 40.6 Å². The van der Waals surface area contributed by atoms with Crippen LogP contribution in [0.5, 0.6) is 11.8 Å². The summed E-state index contributed by atoms with van der Waals surface area (Å²) in [5, 5.41) is 11.8. The van der Waals surface area contributed by atoms with Gasteiger partial charge in [-0.3, -0.25) is 4.90 Å². The van der Waals surface area contributed by atoms with Gasteiger partial charge in [0.05, 0.1) is 24.3 Å². The van der Waals surface area contributed by atoms with Crippen LogP contribution >= 0.6 is 0 Å². The van der Waals surface area contributed by atoms with Crippen molar-refractivity contribution in [2.24, 2.45) is 11.8 Å². The van der Waals surface area contributed by atoms with Crippen LogP contribution in [-0.2, 0) is 4.74 Å². The summed E-state index contributed by atoms with van der Waals surface area (Å²) in [6.45, 7) is 4.19. The highest BCUT2D eigenvalue weighted by Gasteiger charge is 2.49. The van der Waals surface area contributed by atoms with E-state index in [2.05, 4.69) is 20.7 Å². The number of phenols is 1. The van der Waals surface area contributed by atoms with Crippen molar-refractivity contribution in [2.45, 2.75) is 31.0 Å². The largest absolute Gasteiger partial charge is 0.508 e. The van der Waals surface area contributed by atoms with Gasteiger partial charge in [-0.1, -0.05) is 18.1 Å². The van der Waals surface area contributed by atoms with E-state index in [1.807, 2.05) is 0 Å². The monoisotopic (exact) mass is 600 g/mol. The number of alkyl halides is 1. The molecule has 1 aromatic heterocycles. The van der Waals surface area contributed by atoms with E-state index < -0.39 is 23.3 Å². The van der Waals surface area contributed by atoms with Gasteiger partial charge in [-0.25, -0.2) is 13.2 Å². The van der Waals surface area contributed by atoms with Crippen LogP contribution in [0.1, 0.15) is 24.8 Å². The van der Waals surface area contributed by atoms with Crippen molar-refractivity contribution >= 4 is 27.5 Å². The third-order valence-corrected chi connectivity index (χ3v) is 10.0. The van der Waals surface area contributed by atoms with Gasteiger partial charge in [0, 0.05) is 54.2 Å². The number of ether oxygens (including phenoxy) is 2. The summed E-state index contributed by atoms with van der Waals surface area (Å²) >= 11 is 0. The lowest BCUT2D eigenvalue weighted by molar-refractivity contribution is 0.107. The average Bonchev–Trinajstić information content (AvgIpc) is 3.77. The quantitative estimate of drug-likeness (QED) is 0.306. The van der Waals surface area contributed by atoms with Crippen molar-refractivity contribution in [2.75, 3.05) is 50.9 Å². The Hall–Kier alpha value is -4.07. The number of phenolic OH excluding ortho intramolecular Hbond substituents is 1. The molecule has 0 aliphatic carbocycles. The molecule has 4 aliphatic heterocycles. The summed E-state index contributed by atoms with van der Waals surface area (Å²) in [5.41, 5.74) is -0.0294. The van der Waals surface area contributed by atoms with Gasteiger partial charge in [0.25, 0.3) is 0 Å². The number of aromatic hydroxyl groups is 1. The Morgan fingerprint density at radius 2 is 1.89 bits per heavy atom. The first kappa shape index (κ1) is 27.5. The molecule has 4 fully saturated rings. The Balaban J connectivity index is 1.27. The number of halogens is 3. The van der Waals surface area contributed by atoms with Gasteiger partial charge < -0.3 is 19.5 Å². The molecular formula is C34H31F3N4O3. The number of aromatic nitrogens is 2. The molecule has 4 saturated heterocycles. The molecule has 2 unspecified atom stereocenters. The summed E-state index contributed by atoms with van der Waals surface area (Å²) in [6.07, 6.45) is 6.95. The van der Waals surface area contributed by atoms with E-state index >= 15 is 4.39 Å². The number of benzene rings is 3. The molecule has 3 aromatic carbocycles. The van der Waals surface area contributed by atoms with Crippen LogP contribution < -0.4 is 9.64 Å². The minimum absolute atomic E-state index is 0.0154. The first-order valence-corrected chi connectivity index (χ1v) is 15.1. The molecule has 7 nitrogen and oxygen atoms in total. The molecule has 4 aromatic rings. The third-order valence-electron chi connectivity index (χ3n) is 10.0. The Morgan fingerprint density at radius 3 is 2.68 bits per heavy atom. The standard InChI is InChI=1S/C34H31F3N4O3/c1-2-24-28(36)7-4-19-10-23(42)11-27(29(19)24)25-5-6-26-31(30(25)37)38-33(39-32(26)40-13-20-16-43-17-21(20)14-40)44-18-34-8-3-9-41(34)15-22(35)12-34/h1,4-7,10-11,20-22,42H,3,8-9,12-18H2/t20?,21?,22-,34+/m1/s1. The van der Waals surface area contributed by atoms with Gasteiger partial charge in [-0.2, -0.15) is 9.97 Å². The smallest absolute Gasteiger partial charge is 0.319 e. The third kappa shape index (κ3) is 4.28. The SMILES string of the molecule is C#Cc1c(F)ccc2cc(O)cc(-c3ccc4c(N5CC6COCC6C5)nc(OC[C@@]56CCCN5C[C@H](F)C6)nc4c3F)c12. The lowest BCUT2D eigenvalue weighted by atomic mass is 9.93. The fraction of sp³-hybridized carbons (Fsp3) is 0.412. The molecule has 4 aliphatic rings. The number of hydrogen-bond acceptors (Lipinski definition) is 7. The van der Waals surface area contributed by atoms with Gasteiger partial charge in [-0.15, -0.1) is 6.42 Å². The first-order chi connectivity index (χ1) is 21.3. The van der Waals surface area contributed by atoms with Crippen LogP contribution in [0.15, 0.2) is 36.4 Å². The maximum Gasteiger partial charge on any atom is 0.319 e. The molecule has 0 radical (unpaired) electrons.